The molecule has 4 heterocycles. The molecule has 1 aromatic carbocycles. The van der Waals surface area contributed by atoms with Crippen molar-refractivity contribution >= 4 is 27.7 Å². The molecule has 4 atom stereocenters. The monoisotopic (exact) mass is 576 g/mol. The standard InChI is InChI=1S/C28H41N5O6S/c1-20-26(27(34)30-14-5-3-4-6-15-30)25-19-22(13-18-32(25)33(20)36)21-11-16-31(17-12-21)40(37,38)24-9-7-23(8-10-24)29-28(35)39-2/h7-10,20-22,25-26H,3-6,11-19H2,1-2H3/p+1. The average molecular weight is 577 g/mol. The van der Waals surface area contributed by atoms with Crippen molar-refractivity contribution < 1.29 is 27.6 Å². The number of carbonyl (C=O) groups is 2. The topological polar surface area (TPSA) is 119 Å². The molecule has 1 aromatic rings. The molecular formula is C28H42N5O6S+. The van der Waals surface area contributed by atoms with Gasteiger partial charge < -0.3 is 9.64 Å². The van der Waals surface area contributed by atoms with Gasteiger partial charge in [0.05, 0.1) is 23.5 Å². The quantitative estimate of drug-likeness (QED) is 0.533. The van der Waals surface area contributed by atoms with Gasteiger partial charge in [-0.25, -0.2) is 13.2 Å². The highest BCUT2D eigenvalue weighted by Gasteiger charge is 2.59. The van der Waals surface area contributed by atoms with Gasteiger partial charge in [0, 0.05) is 38.8 Å². The number of nitroso groups, excluding NO2 is 1. The van der Waals surface area contributed by atoms with Gasteiger partial charge in [0.1, 0.15) is 16.8 Å². The van der Waals surface area contributed by atoms with Crippen LogP contribution in [0.5, 0.6) is 0 Å². The number of anilines is 1. The van der Waals surface area contributed by atoms with Gasteiger partial charge in [-0.2, -0.15) is 4.31 Å². The van der Waals surface area contributed by atoms with Crippen molar-refractivity contribution in [2.75, 3.05) is 45.2 Å². The van der Waals surface area contributed by atoms with Crippen LogP contribution in [0.3, 0.4) is 0 Å². The third-order valence-corrected chi connectivity index (χ3v) is 11.4. The Morgan fingerprint density at radius 3 is 2.17 bits per heavy atom. The number of sulfonamides is 1. The minimum Gasteiger partial charge on any atom is -0.453 e. The second-order valence-corrected chi connectivity index (χ2v) is 13.6. The number of methoxy groups -OCH3 is 1. The molecule has 220 valence electrons. The van der Waals surface area contributed by atoms with Gasteiger partial charge in [-0.15, -0.1) is 5.01 Å². The molecule has 5 rings (SSSR count). The highest BCUT2D eigenvalue weighted by atomic mass is 32.2. The summed E-state index contributed by atoms with van der Waals surface area (Å²) in [5, 5.41) is 4.41. The number of likely N-dealkylation sites (tertiary alicyclic amines) is 1. The first-order valence-corrected chi connectivity index (χ1v) is 16.1. The van der Waals surface area contributed by atoms with E-state index in [1.54, 1.807) is 16.4 Å². The molecule has 0 aliphatic carbocycles. The van der Waals surface area contributed by atoms with Gasteiger partial charge in [0.15, 0.2) is 0 Å². The number of benzene rings is 1. The molecule has 0 spiro atoms. The predicted octanol–water partition coefficient (Wildman–Crippen LogP) is 3.46. The Morgan fingerprint density at radius 2 is 1.55 bits per heavy atom. The van der Waals surface area contributed by atoms with E-state index in [1.165, 1.54) is 19.2 Å². The number of hydrogen-bond donors (Lipinski definition) is 1. The number of hydrogen-bond acceptors (Lipinski definition) is 6. The van der Waals surface area contributed by atoms with Crippen LogP contribution in [0, 0.1) is 22.7 Å². The van der Waals surface area contributed by atoms with E-state index in [1.807, 2.05) is 16.8 Å². The van der Waals surface area contributed by atoms with E-state index in [9.17, 15) is 22.9 Å². The molecule has 4 saturated heterocycles. The molecule has 12 heteroatoms. The van der Waals surface area contributed by atoms with E-state index < -0.39 is 16.1 Å². The Balaban J connectivity index is 1.21. The van der Waals surface area contributed by atoms with Crippen LogP contribution < -0.4 is 5.32 Å². The average Bonchev–Trinajstić information content (AvgIpc) is 3.13. The molecule has 1 N–H and O–H groups in total. The first-order valence-electron chi connectivity index (χ1n) is 14.7. The second-order valence-electron chi connectivity index (χ2n) is 11.7. The van der Waals surface area contributed by atoms with Crippen LogP contribution in [-0.4, -0.2) is 91.4 Å². The number of hydrazine groups is 1. The predicted molar refractivity (Wildman–Crippen MR) is 149 cm³/mol. The minimum absolute atomic E-state index is 0.0825. The van der Waals surface area contributed by atoms with Crippen molar-refractivity contribution in [3.05, 3.63) is 29.2 Å². The summed E-state index contributed by atoms with van der Waals surface area (Å²) < 4.78 is 32.7. The van der Waals surface area contributed by atoms with E-state index in [4.69, 9.17) is 0 Å². The lowest BCUT2D eigenvalue weighted by Gasteiger charge is -2.40. The van der Waals surface area contributed by atoms with Crippen LogP contribution in [0.15, 0.2) is 29.2 Å². The Morgan fingerprint density at radius 1 is 0.925 bits per heavy atom. The maximum Gasteiger partial charge on any atom is 0.411 e. The van der Waals surface area contributed by atoms with Crippen molar-refractivity contribution in [1.29, 1.82) is 0 Å². The molecule has 4 aliphatic heterocycles. The highest BCUT2D eigenvalue weighted by molar-refractivity contribution is 7.89. The summed E-state index contributed by atoms with van der Waals surface area (Å²) in [5.74, 6) is 0.561. The number of carbonyl (C=O) groups excluding carboxylic acids is 2. The van der Waals surface area contributed by atoms with Gasteiger partial charge in [-0.1, -0.05) is 12.8 Å². The highest BCUT2D eigenvalue weighted by Crippen LogP contribution is 2.42. The fourth-order valence-electron chi connectivity index (χ4n) is 7.20. The zero-order chi connectivity index (χ0) is 28.4. The minimum atomic E-state index is -3.65. The van der Waals surface area contributed by atoms with Crippen molar-refractivity contribution in [2.45, 2.75) is 75.3 Å². The number of piperidine rings is 2. The Bertz CT molecular complexity index is 1190. The number of amides is 2. The van der Waals surface area contributed by atoms with Crippen LogP contribution in [0.2, 0.25) is 0 Å². The van der Waals surface area contributed by atoms with Gasteiger partial charge in [0.2, 0.25) is 22.0 Å². The number of fused-ring (bicyclic) bond motifs is 1. The smallest absolute Gasteiger partial charge is 0.411 e. The lowest BCUT2D eigenvalue weighted by Crippen LogP contribution is -2.49. The van der Waals surface area contributed by atoms with Gasteiger partial charge in [-0.3, -0.25) is 10.1 Å². The molecule has 0 radical (unpaired) electrons. The molecule has 4 fully saturated rings. The number of nitrogens with one attached hydrogen (secondary N) is 1. The molecule has 0 bridgehead atoms. The normalized spacial score (nSPS) is 28.6. The van der Waals surface area contributed by atoms with E-state index in [0.29, 0.717) is 37.2 Å². The fourth-order valence-corrected chi connectivity index (χ4v) is 8.67. The maximum absolute atomic E-state index is 13.7. The van der Waals surface area contributed by atoms with E-state index in [2.05, 4.69) is 10.1 Å². The zero-order valence-electron chi connectivity index (χ0n) is 23.5. The lowest BCUT2D eigenvalue weighted by molar-refractivity contribution is -0.716. The Kier molecular flexibility index (Phi) is 8.65. The van der Waals surface area contributed by atoms with E-state index >= 15 is 0 Å². The third-order valence-electron chi connectivity index (χ3n) is 9.48. The first-order chi connectivity index (χ1) is 19.2. The van der Waals surface area contributed by atoms with Crippen LogP contribution in [0.1, 0.15) is 58.3 Å². The van der Waals surface area contributed by atoms with Crippen molar-refractivity contribution in [2.24, 2.45) is 17.8 Å². The van der Waals surface area contributed by atoms with Crippen LogP contribution in [0.4, 0.5) is 10.5 Å². The SMILES string of the molecule is COC(=O)Nc1ccc(S(=O)(=O)N2CCC(C3CCN4C(C3)C(C(=O)N3CCCCCC3)C(C)[N+]4=O)CC2)cc1. The molecule has 11 nitrogen and oxygen atoms in total. The molecule has 0 saturated carbocycles. The summed E-state index contributed by atoms with van der Waals surface area (Å²) in [5.41, 5.74) is 0.460. The van der Waals surface area contributed by atoms with Crippen molar-refractivity contribution in [3.8, 4) is 0 Å². The second kappa shape index (κ2) is 12.0. The molecular weight excluding hydrogens is 534 g/mol. The molecule has 4 unspecified atom stereocenters. The van der Waals surface area contributed by atoms with E-state index in [0.717, 1.165) is 69.3 Å². The van der Waals surface area contributed by atoms with Gasteiger partial charge in [-0.05, 0) is 74.6 Å². The summed E-state index contributed by atoms with van der Waals surface area (Å²) >= 11 is 0. The Hall–Kier alpha value is -2.73. The summed E-state index contributed by atoms with van der Waals surface area (Å²) in [6, 6.07) is 5.66. The number of nitrogens with zero attached hydrogens (tertiary/aromatic N) is 4. The number of rotatable bonds is 5. The first kappa shape index (κ1) is 28.8. The van der Waals surface area contributed by atoms with Gasteiger partial charge >= 0.3 is 6.09 Å². The Labute approximate surface area is 236 Å². The summed E-state index contributed by atoms with van der Waals surface area (Å²) in [4.78, 5) is 41.3. The lowest BCUT2D eigenvalue weighted by atomic mass is 9.74. The molecule has 2 amide bonds. The van der Waals surface area contributed by atoms with Crippen molar-refractivity contribution in [1.82, 2.24) is 14.2 Å². The molecule has 40 heavy (non-hydrogen) atoms. The van der Waals surface area contributed by atoms with Crippen molar-refractivity contribution in [3.63, 3.8) is 0 Å². The zero-order valence-corrected chi connectivity index (χ0v) is 24.4. The summed E-state index contributed by atoms with van der Waals surface area (Å²) in [6.45, 7) is 5.00. The maximum atomic E-state index is 13.7. The fraction of sp³-hybridized carbons (Fsp3) is 0.714. The summed E-state index contributed by atoms with van der Waals surface area (Å²) in [6.07, 6.45) is 6.97. The number of ether oxygens (including phenoxy) is 1. The van der Waals surface area contributed by atoms with Crippen LogP contribution in [-0.2, 0) is 19.6 Å². The van der Waals surface area contributed by atoms with Crippen LogP contribution >= 0.6 is 0 Å². The third kappa shape index (κ3) is 5.70. The summed E-state index contributed by atoms with van der Waals surface area (Å²) in [7, 11) is -2.38. The molecule has 4 aliphatic rings. The molecule has 0 aromatic heterocycles. The van der Waals surface area contributed by atoms with Gasteiger partial charge in [0.25, 0.3) is 0 Å². The largest absolute Gasteiger partial charge is 0.453 e. The van der Waals surface area contributed by atoms with Crippen LogP contribution in [0.25, 0.3) is 0 Å². The van der Waals surface area contributed by atoms with E-state index in [-0.39, 0.29) is 28.8 Å².